The predicted molar refractivity (Wildman–Crippen MR) is 126 cm³/mol. The molecule has 5 nitrogen and oxygen atoms in total. The Hall–Kier alpha value is -2.24. The van der Waals surface area contributed by atoms with Crippen molar-refractivity contribution in [3.8, 4) is 5.75 Å². The van der Waals surface area contributed by atoms with Gasteiger partial charge in [-0.25, -0.2) is 0 Å². The second-order valence-electron chi connectivity index (χ2n) is 9.67. The Labute approximate surface area is 194 Å². The zero-order valence-electron chi connectivity index (χ0n) is 18.8. The fourth-order valence-electron chi connectivity index (χ4n) is 3.14. The van der Waals surface area contributed by atoms with Crippen molar-refractivity contribution in [3.05, 3.63) is 62.6 Å². The maximum Gasteiger partial charge on any atom is 0.269 e. The fraction of sp³-hybridized carbons (Fsp3) is 0.417. The first-order valence-electron chi connectivity index (χ1n) is 10.1. The minimum atomic E-state index is -0.485. The minimum Gasteiger partial charge on any atom is -0.507 e. The molecule has 2 aromatic rings. The van der Waals surface area contributed by atoms with E-state index in [1.54, 1.807) is 0 Å². The SMILES string of the molecule is CC(C)(C)c1cc(CCC(=O)NNC(=O)c2ccc(Cl)c(Cl)c2)cc(C(C)(C)C)c1O. The van der Waals surface area contributed by atoms with E-state index in [4.69, 9.17) is 23.2 Å². The van der Waals surface area contributed by atoms with Gasteiger partial charge in [0.05, 0.1) is 10.0 Å². The van der Waals surface area contributed by atoms with Gasteiger partial charge in [0.15, 0.2) is 0 Å². The summed E-state index contributed by atoms with van der Waals surface area (Å²) in [5.74, 6) is -0.500. The van der Waals surface area contributed by atoms with Gasteiger partial charge >= 0.3 is 0 Å². The lowest BCUT2D eigenvalue weighted by atomic mass is 9.78. The average Bonchev–Trinajstić information content (AvgIpc) is 2.65. The molecule has 31 heavy (non-hydrogen) atoms. The molecule has 3 N–H and O–H groups in total. The number of phenols is 1. The number of nitrogens with one attached hydrogen (secondary N) is 2. The molecule has 0 radical (unpaired) electrons. The quantitative estimate of drug-likeness (QED) is 0.508. The average molecular weight is 465 g/mol. The Morgan fingerprint density at radius 3 is 1.90 bits per heavy atom. The van der Waals surface area contributed by atoms with Crippen molar-refractivity contribution in [1.29, 1.82) is 0 Å². The van der Waals surface area contributed by atoms with Gasteiger partial charge in [-0.2, -0.15) is 0 Å². The highest BCUT2D eigenvalue weighted by atomic mass is 35.5. The third kappa shape index (κ3) is 6.62. The van der Waals surface area contributed by atoms with Gasteiger partial charge in [-0.1, -0.05) is 76.9 Å². The smallest absolute Gasteiger partial charge is 0.269 e. The molecular formula is C24H30Cl2N2O3. The van der Waals surface area contributed by atoms with Crippen LogP contribution in [0.3, 0.4) is 0 Å². The van der Waals surface area contributed by atoms with Crippen molar-refractivity contribution in [2.45, 2.75) is 65.2 Å². The molecule has 0 heterocycles. The number of hydrazine groups is 1. The van der Waals surface area contributed by atoms with Gasteiger partial charge in [0.1, 0.15) is 5.75 Å². The van der Waals surface area contributed by atoms with E-state index >= 15 is 0 Å². The van der Waals surface area contributed by atoms with Crippen LogP contribution < -0.4 is 10.9 Å². The summed E-state index contributed by atoms with van der Waals surface area (Å²) in [5.41, 5.74) is 7.27. The summed E-state index contributed by atoms with van der Waals surface area (Å²) < 4.78 is 0. The van der Waals surface area contributed by atoms with Gasteiger partial charge in [0, 0.05) is 12.0 Å². The molecule has 168 valence electrons. The number of phenolic OH excluding ortho intramolecular Hbond substituents is 1. The largest absolute Gasteiger partial charge is 0.507 e. The molecule has 0 saturated heterocycles. The number of benzene rings is 2. The number of carbonyl (C=O) groups excluding carboxylic acids is 2. The van der Waals surface area contributed by atoms with Crippen LogP contribution in [0.4, 0.5) is 0 Å². The second-order valence-corrected chi connectivity index (χ2v) is 10.5. The standard InChI is InChI=1S/C24H30Cl2N2O3/c1-23(2,3)16-11-14(12-17(21(16)30)24(4,5)6)7-10-20(29)27-28-22(31)15-8-9-18(25)19(26)13-15/h8-9,11-13,30H,7,10H2,1-6H3,(H,27,29)(H,28,31). The van der Waals surface area contributed by atoms with Crippen molar-refractivity contribution in [2.75, 3.05) is 0 Å². The lowest BCUT2D eigenvalue weighted by Gasteiger charge is -2.28. The summed E-state index contributed by atoms with van der Waals surface area (Å²) in [6.07, 6.45) is 0.653. The third-order valence-electron chi connectivity index (χ3n) is 4.92. The molecule has 0 unspecified atom stereocenters. The molecule has 2 amide bonds. The fourth-order valence-corrected chi connectivity index (χ4v) is 3.44. The predicted octanol–water partition coefficient (Wildman–Crippen LogP) is 5.69. The molecule has 0 spiro atoms. The summed E-state index contributed by atoms with van der Waals surface area (Å²) in [4.78, 5) is 24.5. The van der Waals surface area contributed by atoms with Crippen molar-refractivity contribution in [3.63, 3.8) is 0 Å². The number of aromatic hydroxyl groups is 1. The van der Waals surface area contributed by atoms with E-state index in [2.05, 4.69) is 10.9 Å². The maximum absolute atomic E-state index is 12.3. The first-order valence-corrected chi connectivity index (χ1v) is 10.9. The van der Waals surface area contributed by atoms with Crippen LogP contribution in [0.5, 0.6) is 5.75 Å². The molecule has 7 heteroatoms. The highest BCUT2D eigenvalue weighted by molar-refractivity contribution is 6.42. The molecule has 0 aliphatic carbocycles. The van der Waals surface area contributed by atoms with Crippen LogP contribution in [0.1, 0.15) is 75.0 Å². The van der Waals surface area contributed by atoms with E-state index in [0.29, 0.717) is 17.2 Å². The van der Waals surface area contributed by atoms with Gasteiger partial charge < -0.3 is 5.11 Å². The van der Waals surface area contributed by atoms with Gasteiger partial charge in [0.25, 0.3) is 5.91 Å². The Morgan fingerprint density at radius 1 is 0.871 bits per heavy atom. The van der Waals surface area contributed by atoms with Crippen molar-refractivity contribution in [2.24, 2.45) is 0 Å². The molecule has 0 aliphatic rings. The summed E-state index contributed by atoms with van der Waals surface area (Å²) in [6, 6.07) is 8.38. The summed E-state index contributed by atoms with van der Waals surface area (Å²) in [5, 5.41) is 11.4. The van der Waals surface area contributed by atoms with Crippen molar-refractivity contribution >= 4 is 35.0 Å². The van der Waals surface area contributed by atoms with Crippen LogP contribution in [0, 0.1) is 0 Å². The third-order valence-corrected chi connectivity index (χ3v) is 5.66. The van der Waals surface area contributed by atoms with Gasteiger partial charge in [-0.05, 0) is 52.1 Å². The van der Waals surface area contributed by atoms with Crippen molar-refractivity contribution < 1.29 is 14.7 Å². The maximum atomic E-state index is 12.3. The number of halogens is 2. The zero-order valence-corrected chi connectivity index (χ0v) is 20.3. The van der Waals surface area contributed by atoms with Crippen LogP contribution in [0.15, 0.2) is 30.3 Å². The minimum absolute atomic E-state index is 0.180. The highest BCUT2D eigenvalue weighted by Gasteiger charge is 2.26. The topological polar surface area (TPSA) is 78.4 Å². The molecule has 0 aromatic heterocycles. The van der Waals surface area contributed by atoms with Gasteiger partial charge in [0.2, 0.25) is 5.91 Å². The number of hydrogen-bond acceptors (Lipinski definition) is 3. The first kappa shape index (κ1) is 25.0. The van der Waals surface area contributed by atoms with E-state index in [-0.39, 0.29) is 33.7 Å². The van der Waals surface area contributed by atoms with Crippen LogP contribution >= 0.6 is 23.2 Å². The number of carbonyl (C=O) groups is 2. The number of hydrogen-bond donors (Lipinski definition) is 3. The molecule has 0 saturated carbocycles. The van der Waals surface area contributed by atoms with E-state index in [1.165, 1.54) is 18.2 Å². The molecular weight excluding hydrogens is 435 g/mol. The van der Waals surface area contributed by atoms with E-state index in [0.717, 1.165) is 16.7 Å². The molecule has 0 fully saturated rings. The van der Waals surface area contributed by atoms with E-state index in [9.17, 15) is 14.7 Å². The number of amides is 2. The molecule has 0 aliphatic heterocycles. The van der Waals surface area contributed by atoms with Gasteiger partial charge in [-0.3, -0.25) is 20.4 Å². The van der Waals surface area contributed by atoms with Gasteiger partial charge in [-0.15, -0.1) is 0 Å². The van der Waals surface area contributed by atoms with Crippen LogP contribution in [0.25, 0.3) is 0 Å². The number of rotatable bonds is 4. The molecule has 0 bridgehead atoms. The van der Waals surface area contributed by atoms with Crippen LogP contribution in [-0.4, -0.2) is 16.9 Å². The Morgan fingerprint density at radius 2 is 1.42 bits per heavy atom. The molecule has 0 atom stereocenters. The molecule has 2 aromatic carbocycles. The Bertz CT molecular complexity index is 954. The van der Waals surface area contributed by atoms with Crippen LogP contribution in [0.2, 0.25) is 10.0 Å². The number of aryl methyl sites for hydroxylation is 1. The zero-order chi connectivity index (χ0) is 23.6. The normalized spacial score (nSPS) is 11.9. The first-order chi connectivity index (χ1) is 14.2. The summed E-state index contributed by atoms with van der Waals surface area (Å²) in [6.45, 7) is 12.3. The Balaban J connectivity index is 2.07. The second kappa shape index (κ2) is 9.49. The lowest BCUT2D eigenvalue weighted by molar-refractivity contribution is -0.121. The summed E-state index contributed by atoms with van der Waals surface area (Å²) >= 11 is 11.8. The lowest BCUT2D eigenvalue weighted by Crippen LogP contribution is -2.41. The Kier molecular flexibility index (Phi) is 7.66. The molecule has 2 rings (SSSR count). The highest BCUT2D eigenvalue weighted by Crippen LogP contribution is 2.40. The summed E-state index contributed by atoms with van der Waals surface area (Å²) in [7, 11) is 0. The van der Waals surface area contributed by atoms with E-state index < -0.39 is 5.91 Å². The van der Waals surface area contributed by atoms with Crippen molar-refractivity contribution in [1.82, 2.24) is 10.9 Å². The monoisotopic (exact) mass is 464 g/mol. The van der Waals surface area contributed by atoms with E-state index in [1.807, 2.05) is 53.7 Å². The van der Waals surface area contributed by atoms with Crippen LogP contribution in [-0.2, 0) is 22.0 Å².